The summed E-state index contributed by atoms with van der Waals surface area (Å²) in [7, 11) is 0. The summed E-state index contributed by atoms with van der Waals surface area (Å²) in [6.07, 6.45) is 0.232. The smallest absolute Gasteiger partial charge is 0.252 e. The lowest BCUT2D eigenvalue weighted by molar-refractivity contribution is -0.153. The third kappa shape index (κ3) is 3.76. The molecule has 1 aliphatic heterocycles. The van der Waals surface area contributed by atoms with Gasteiger partial charge in [-0.1, -0.05) is 58.4 Å². The van der Waals surface area contributed by atoms with Crippen molar-refractivity contribution in [3.8, 4) is 0 Å². The minimum atomic E-state index is -0.383. The zero-order chi connectivity index (χ0) is 15.4. The van der Waals surface area contributed by atoms with Crippen LogP contribution in [0.1, 0.15) is 11.1 Å². The lowest BCUT2D eigenvalue weighted by Crippen LogP contribution is -2.48. The van der Waals surface area contributed by atoms with Gasteiger partial charge in [-0.3, -0.25) is 4.79 Å². The molecule has 1 fully saturated rings. The first-order chi connectivity index (χ1) is 10.7. The molecule has 0 radical (unpaired) electrons. The van der Waals surface area contributed by atoms with Gasteiger partial charge in [0, 0.05) is 24.0 Å². The highest BCUT2D eigenvalue weighted by Crippen LogP contribution is 2.18. The Labute approximate surface area is 139 Å². The number of nitrogens with zero attached hydrogens (tertiary/aromatic N) is 1. The fourth-order valence-corrected chi connectivity index (χ4v) is 3.12. The van der Waals surface area contributed by atoms with Crippen molar-refractivity contribution in [2.75, 3.05) is 13.2 Å². The highest BCUT2D eigenvalue weighted by Gasteiger charge is 2.29. The van der Waals surface area contributed by atoms with Crippen molar-refractivity contribution in [1.82, 2.24) is 4.90 Å². The number of rotatable bonds is 4. The number of carbonyl (C=O) groups excluding carboxylic acids is 1. The summed E-state index contributed by atoms with van der Waals surface area (Å²) in [6, 6.07) is 18.1. The van der Waals surface area contributed by atoms with E-state index in [0.29, 0.717) is 26.1 Å². The quantitative estimate of drug-likeness (QED) is 0.836. The van der Waals surface area contributed by atoms with Crippen molar-refractivity contribution in [2.45, 2.75) is 19.1 Å². The Kier molecular flexibility index (Phi) is 4.90. The van der Waals surface area contributed by atoms with Crippen molar-refractivity contribution in [3.05, 3.63) is 70.2 Å². The van der Waals surface area contributed by atoms with Crippen molar-refractivity contribution in [1.29, 1.82) is 0 Å². The maximum Gasteiger partial charge on any atom is 0.252 e. The molecule has 2 aromatic carbocycles. The van der Waals surface area contributed by atoms with Crippen LogP contribution < -0.4 is 0 Å². The molecule has 1 amide bonds. The van der Waals surface area contributed by atoms with Gasteiger partial charge in [0.05, 0.1) is 6.61 Å². The Balaban J connectivity index is 1.67. The summed E-state index contributed by atoms with van der Waals surface area (Å²) in [5, 5.41) is 0. The fraction of sp³-hybridized carbons (Fsp3) is 0.278. The Morgan fingerprint density at radius 3 is 2.64 bits per heavy atom. The van der Waals surface area contributed by atoms with Gasteiger partial charge in [-0.05, 0) is 23.3 Å². The molecule has 1 atom stereocenters. The van der Waals surface area contributed by atoms with E-state index in [4.69, 9.17) is 4.74 Å². The monoisotopic (exact) mass is 359 g/mol. The van der Waals surface area contributed by atoms with Crippen LogP contribution in [0.15, 0.2) is 59.1 Å². The van der Waals surface area contributed by atoms with Gasteiger partial charge in [0.1, 0.15) is 6.10 Å². The van der Waals surface area contributed by atoms with Gasteiger partial charge in [-0.2, -0.15) is 0 Å². The lowest BCUT2D eigenvalue weighted by atomic mass is 10.1. The van der Waals surface area contributed by atoms with Crippen molar-refractivity contribution < 1.29 is 9.53 Å². The van der Waals surface area contributed by atoms with E-state index in [-0.39, 0.29) is 12.0 Å². The van der Waals surface area contributed by atoms with Crippen LogP contribution in [0.2, 0.25) is 0 Å². The Bertz CT molecular complexity index is 645. The summed E-state index contributed by atoms with van der Waals surface area (Å²) in [6.45, 7) is 1.90. The second kappa shape index (κ2) is 7.07. The average molecular weight is 360 g/mol. The number of halogens is 1. The van der Waals surface area contributed by atoms with Gasteiger partial charge < -0.3 is 9.64 Å². The molecular formula is C18H18BrNO2. The van der Waals surface area contributed by atoms with Crippen molar-refractivity contribution >= 4 is 21.8 Å². The minimum absolute atomic E-state index is 0.0788. The van der Waals surface area contributed by atoms with Crippen LogP contribution >= 0.6 is 15.9 Å². The highest BCUT2D eigenvalue weighted by atomic mass is 79.9. The predicted molar refractivity (Wildman–Crippen MR) is 89.4 cm³/mol. The van der Waals surface area contributed by atoms with Gasteiger partial charge in [-0.25, -0.2) is 0 Å². The van der Waals surface area contributed by atoms with E-state index in [9.17, 15) is 4.79 Å². The topological polar surface area (TPSA) is 29.5 Å². The van der Waals surface area contributed by atoms with Crippen LogP contribution in [0.5, 0.6) is 0 Å². The molecule has 1 unspecified atom stereocenters. The SMILES string of the molecule is O=C1C(Cc2cccc(Br)c2)OCCN1Cc1ccccc1. The fourth-order valence-electron chi connectivity index (χ4n) is 2.68. The van der Waals surface area contributed by atoms with E-state index in [1.807, 2.05) is 59.5 Å². The zero-order valence-corrected chi connectivity index (χ0v) is 13.8. The molecule has 4 heteroatoms. The minimum Gasteiger partial charge on any atom is -0.366 e. The van der Waals surface area contributed by atoms with Crippen molar-refractivity contribution in [2.24, 2.45) is 0 Å². The molecule has 0 spiro atoms. The molecule has 0 saturated carbocycles. The number of morpholine rings is 1. The molecule has 3 rings (SSSR count). The zero-order valence-electron chi connectivity index (χ0n) is 12.2. The molecule has 0 aromatic heterocycles. The second-order valence-electron chi connectivity index (χ2n) is 5.44. The number of benzene rings is 2. The number of hydrogen-bond acceptors (Lipinski definition) is 2. The summed E-state index contributed by atoms with van der Waals surface area (Å²) >= 11 is 3.46. The van der Waals surface area contributed by atoms with Gasteiger partial charge in [0.2, 0.25) is 0 Å². The van der Waals surface area contributed by atoms with Gasteiger partial charge in [-0.15, -0.1) is 0 Å². The molecule has 0 bridgehead atoms. The van der Waals surface area contributed by atoms with Crippen LogP contribution in [0.4, 0.5) is 0 Å². The maximum atomic E-state index is 12.6. The van der Waals surface area contributed by atoms with Gasteiger partial charge in [0.25, 0.3) is 5.91 Å². The Hall–Kier alpha value is -1.65. The molecule has 3 nitrogen and oxygen atoms in total. The lowest BCUT2D eigenvalue weighted by Gasteiger charge is -2.32. The molecule has 2 aromatic rings. The number of amides is 1. The summed E-state index contributed by atoms with van der Waals surface area (Å²) in [5.74, 6) is 0.0788. The first kappa shape index (κ1) is 15.3. The molecule has 22 heavy (non-hydrogen) atoms. The number of carbonyl (C=O) groups is 1. The van der Waals surface area contributed by atoms with Gasteiger partial charge >= 0.3 is 0 Å². The van der Waals surface area contributed by atoms with Gasteiger partial charge in [0.15, 0.2) is 0 Å². The molecule has 0 N–H and O–H groups in total. The first-order valence-electron chi connectivity index (χ1n) is 7.41. The third-order valence-corrected chi connectivity index (χ3v) is 4.29. The highest BCUT2D eigenvalue weighted by molar-refractivity contribution is 9.10. The largest absolute Gasteiger partial charge is 0.366 e. The summed E-state index contributed by atoms with van der Waals surface area (Å²) < 4.78 is 6.72. The van der Waals surface area contributed by atoms with Crippen LogP contribution in [-0.4, -0.2) is 30.1 Å². The van der Waals surface area contributed by atoms with E-state index in [1.165, 1.54) is 0 Å². The predicted octanol–water partition coefficient (Wildman–Crippen LogP) is 3.42. The van der Waals surface area contributed by atoms with E-state index >= 15 is 0 Å². The molecule has 114 valence electrons. The van der Waals surface area contributed by atoms with Crippen LogP contribution in [0.3, 0.4) is 0 Å². The second-order valence-corrected chi connectivity index (χ2v) is 6.35. The maximum absolute atomic E-state index is 12.6. The van der Waals surface area contributed by atoms with E-state index in [0.717, 1.165) is 15.6 Å². The molecule has 1 saturated heterocycles. The Morgan fingerprint density at radius 1 is 1.09 bits per heavy atom. The third-order valence-electron chi connectivity index (χ3n) is 3.79. The number of ether oxygens (including phenoxy) is 1. The molecule has 0 aliphatic carbocycles. The van der Waals surface area contributed by atoms with Crippen LogP contribution in [-0.2, 0) is 22.5 Å². The van der Waals surface area contributed by atoms with Crippen LogP contribution in [0.25, 0.3) is 0 Å². The Morgan fingerprint density at radius 2 is 1.86 bits per heavy atom. The molecule has 1 heterocycles. The summed E-state index contributed by atoms with van der Waals surface area (Å²) in [5.41, 5.74) is 2.26. The van der Waals surface area contributed by atoms with E-state index in [1.54, 1.807) is 0 Å². The number of hydrogen-bond donors (Lipinski definition) is 0. The standard InChI is InChI=1S/C18H18BrNO2/c19-16-8-4-7-15(11-16)12-17-18(21)20(9-10-22-17)13-14-5-2-1-3-6-14/h1-8,11,17H,9-10,12-13H2. The van der Waals surface area contributed by atoms with E-state index in [2.05, 4.69) is 15.9 Å². The molecule has 1 aliphatic rings. The first-order valence-corrected chi connectivity index (χ1v) is 8.20. The van der Waals surface area contributed by atoms with Crippen LogP contribution in [0, 0.1) is 0 Å². The van der Waals surface area contributed by atoms with E-state index < -0.39 is 0 Å². The molecular weight excluding hydrogens is 342 g/mol. The van der Waals surface area contributed by atoms with Crippen molar-refractivity contribution in [3.63, 3.8) is 0 Å². The normalized spacial score (nSPS) is 18.5. The average Bonchev–Trinajstić information content (AvgIpc) is 2.52. The summed E-state index contributed by atoms with van der Waals surface area (Å²) in [4.78, 5) is 14.5.